The summed E-state index contributed by atoms with van der Waals surface area (Å²) in [6.45, 7) is 10.7. The lowest BCUT2D eigenvalue weighted by molar-refractivity contribution is -0.137. The van der Waals surface area contributed by atoms with E-state index >= 15 is 0 Å². The maximum Gasteiger partial charge on any atom is 0.416 e. The van der Waals surface area contributed by atoms with E-state index in [-0.39, 0.29) is 11.0 Å². The van der Waals surface area contributed by atoms with Gasteiger partial charge < -0.3 is 5.32 Å². The van der Waals surface area contributed by atoms with Crippen LogP contribution in [0.5, 0.6) is 0 Å². The molecule has 28 heavy (non-hydrogen) atoms. The van der Waals surface area contributed by atoms with E-state index in [1.807, 2.05) is 4.40 Å². The second kappa shape index (κ2) is 6.79. The van der Waals surface area contributed by atoms with E-state index in [9.17, 15) is 13.2 Å². The summed E-state index contributed by atoms with van der Waals surface area (Å²) >= 11 is 0. The molecular weight excluding hydrogens is 365 g/mol. The summed E-state index contributed by atoms with van der Waals surface area (Å²) in [6.07, 6.45) is 1.62. The zero-order chi connectivity index (χ0) is 20.7. The van der Waals surface area contributed by atoms with Gasteiger partial charge in [0.2, 0.25) is 0 Å². The quantitative estimate of drug-likeness (QED) is 0.590. The Labute approximate surface area is 162 Å². The number of aromatic nitrogens is 3. The molecule has 1 N–H and O–H groups in total. The normalized spacial score (nSPS) is 13.1. The van der Waals surface area contributed by atoms with Gasteiger partial charge in [-0.05, 0) is 37.8 Å². The monoisotopic (exact) mass is 390 g/mol. The molecule has 0 saturated carbocycles. The van der Waals surface area contributed by atoms with Crippen molar-refractivity contribution in [3.05, 3.63) is 48.4 Å². The van der Waals surface area contributed by atoms with Crippen LogP contribution in [-0.4, -0.2) is 19.9 Å². The lowest BCUT2D eigenvalue weighted by Crippen LogP contribution is -2.36. The number of imidazole rings is 1. The highest BCUT2D eigenvalue weighted by atomic mass is 19.4. The fraction of sp³-hybridized carbons (Fsp3) is 0.429. The smallest absolute Gasteiger partial charge is 0.364 e. The van der Waals surface area contributed by atoms with Gasteiger partial charge in [-0.2, -0.15) is 13.2 Å². The third kappa shape index (κ3) is 4.46. The average molecular weight is 390 g/mol. The number of benzene rings is 1. The van der Waals surface area contributed by atoms with Crippen LogP contribution in [-0.2, 0) is 6.18 Å². The second-order valence-corrected chi connectivity index (χ2v) is 8.93. The van der Waals surface area contributed by atoms with Crippen molar-refractivity contribution < 1.29 is 13.2 Å². The van der Waals surface area contributed by atoms with Gasteiger partial charge >= 0.3 is 6.18 Å². The summed E-state index contributed by atoms with van der Waals surface area (Å²) in [6, 6.07) is 5.09. The van der Waals surface area contributed by atoms with Crippen LogP contribution in [0.15, 0.2) is 42.9 Å². The minimum Gasteiger partial charge on any atom is -0.364 e. The summed E-state index contributed by atoms with van der Waals surface area (Å²) < 4.78 is 40.6. The van der Waals surface area contributed by atoms with Crippen molar-refractivity contribution in [3.63, 3.8) is 0 Å². The van der Waals surface area contributed by atoms with Crippen molar-refractivity contribution in [2.45, 2.75) is 52.8 Å². The number of halogens is 3. The van der Waals surface area contributed by atoms with Crippen molar-refractivity contribution in [2.75, 3.05) is 5.32 Å². The molecule has 0 saturated heterocycles. The van der Waals surface area contributed by atoms with E-state index < -0.39 is 11.7 Å². The Morgan fingerprint density at radius 3 is 2.21 bits per heavy atom. The number of fused-ring (bicyclic) bond motifs is 1. The van der Waals surface area contributed by atoms with Crippen molar-refractivity contribution in [1.82, 2.24) is 14.4 Å². The Hall–Kier alpha value is -2.57. The Morgan fingerprint density at radius 1 is 1.00 bits per heavy atom. The molecule has 2 heterocycles. The van der Waals surface area contributed by atoms with Crippen LogP contribution in [0.3, 0.4) is 0 Å². The van der Waals surface area contributed by atoms with Gasteiger partial charge in [0.1, 0.15) is 11.5 Å². The number of hydrogen-bond donors (Lipinski definition) is 1. The molecule has 3 rings (SSSR count). The maximum atomic E-state index is 12.9. The standard InChI is InChI=1S/C21H25F3N4/c1-19(2,3)13-20(4,5)27-18-17(26-16-12-25-10-11-28(16)18)14-6-8-15(9-7-14)21(22,23)24/h6-12,27H,13H2,1-5H3. The maximum absolute atomic E-state index is 12.9. The Bertz CT molecular complexity index is 964. The highest BCUT2D eigenvalue weighted by Gasteiger charge is 2.31. The number of alkyl halides is 3. The molecule has 150 valence electrons. The summed E-state index contributed by atoms with van der Waals surface area (Å²) in [5.41, 5.74) is 1.02. The van der Waals surface area contributed by atoms with Gasteiger partial charge in [0.05, 0.1) is 11.8 Å². The van der Waals surface area contributed by atoms with Crippen LogP contribution in [0.1, 0.15) is 46.6 Å². The van der Waals surface area contributed by atoms with Crippen molar-refractivity contribution in [2.24, 2.45) is 5.41 Å². The van der Waals surface area contributed by atoms with Gasteiger partial charge in [-0.3, -0.25) is 9.38 Å². The number of nitrogens with one attached hydrogen (secondary N) is 1. The van der Waals surface area contributed by atoms with Gasteiger partial charge in [0.15, 0.2) is 5.65 Å². The highest BCUT2D eigenvalue weighted by Crippen LogP contribution is 2.36. The minimum atomic E-state index is -4.36. The first kappa shape index (κ1) is 20.2. The minimum absolute atomic E-state index is 0.104. The van der Waals surface area contributed by atoms with E-state index in [0.29, 0.717) is 16.9 Å². The average Bonchev–Trinajstić information content (AvgIpc) is 2.90. The molecular formula is C21H25F3N4. The third-order valence-electron chi connectivity index (χ3n) is 4.34. The van der Waals surface area contributed by atoms with Gasteiger partial charge in [0.25, 0.3) is 0 Å². The van der Waals surface area contributed by atoms with Gasteiger partial charge in [-0.1, -0.05) is 32.9 Å². The molecule has 0 unspecified atom stereocenters. The molecule has 4 nitrogen and oxygen atoms in total. The summed E-state index contributed by atoms with van der Waals surface area (Å²) in [4.78, 5) is 8.72. The number of hydrogen-bond acceptors (Lipinski definition) is 3. The molecule has 0 spiro atoms. The van der Waals surface area contributed by atoms with Gasteiger partial charge in [-0.25, -0.2) is 4.98 Å². The first-order valence-electron chi connectivity index (χ1n) is 9.14. The first-order chi connectivity index (χ1) is 12.9. The number of rotatable bonds is 4. The van der Waals surface area contributed by atoms with Crippen LogP contribution in [0.25, 0.3) is 16.9 Å². The van der Waals surface area contributed by atoms with Crippen LogP contribution in [0, 0.1) is 5.41 Å². The predicted octanol–water partition coefficient (Wildman–Crippen LogP) is 6.04. The largest absolute Gasteiger partial charge is 0.416 e. The molecule has 0 radical (unpaired) electrons. The topological polar surface area (TPSA) is 42.2 Å². The Balaban J connectivity index is 2.07. The van der Waals surface area contributed by atoms with Crippen LogP contribution in [0.4, 0.5) is 19.0 Å². The van der Waals surface area contributed by atoms with Crippen LogP contribution < -0.4 is 5.32 Å². The number of nitrogens with zero attached hydrogens (tertiary/aromatic N) is 3. The summed E-state index contributed by atoms with van der Waals surface area (Å²) in [7, 11) is 0. The molecule has 0 fully saturated rings. The lowest BCUT2D eigenvalue weighted by atomic mass is 9.82. The van der Waals surface area contributed by atoms with E-state index in [1.54, 1.807) is 18.6 Å². The second-order valence-electron chi connectivity index (χ2n) is 8.93. The van der Waals surface area contributed by atoms with Crippen molar-refractivity contribution >= 4 is 11.5 Å². The van der Waals surface area contributed by atoms with Crippen molar-refractivity contribution in [1.29, 1.82) is 0 Å². The molecule has 0 aliphatic heterocycles. The molecule has 0 aliphatic rings. The third-order valence-corrected chi connectivity index (χ3v) is 4.34. The van der Waals surface area contributed by atoms with Crippen LogP contribution >= 0.6 is 0 Å². The Kier molecular flexibility index (Phi) is 4.89. The Morgan fingerprint density at radius 2 is 1.64 bits per heavy atom. The fourth-order valence-corrected chi connectivity index (χ4v) is 3.74. The molecule has 2 aromatic heterocycles. The first-order valence-corrected chi connectivity index (χ1v) is 9.14. The summed E-state index contributed by atoms with van der Waals surface area (Å²) in [5, 5.41) is 3.56. The van der Waals surface area contributed by atoms with E-state index in [0.717, 1.165) is 24.4 Å². The zero-order valence-electron chi connectivity index (χ0n) is 16.7. The fourth-order valence-electron chi connectivity index (χ4n) is 3.74. The lowest BCUT2D eigenvalue weighted by Gasteiger charge is -2.34. The van der Waals surface area contributed by atoms with E-state index in [1.165, 1.54) is 12.1 Å². The highest BCUT2D eigenvalue weighted by molar-refractivity contribution is 5.76. The van der Waals surface area contributed by atoms with Gasteiger partial charge in [0, 0.05) is 23.5 Å². The molecule has 0 bridgehead atoms. The molecule has 7 heteroatoms. The predicted molar refractivity (Wildman–Crippen MR) is 105 cm³/mol. The zero-order valence-corrected chi connectivity index (χ0v) is 16.7. The molecule has 0 amide bonds. The van der Waals surface area contributed by atoms with E-state index in [4.69, 9.17) is 0 Å². The van der Waals surface area contributed by atoms with Crippen molar-refractivity contribution in [3.8, 4) is 11.3 Å². The summed E-state index contributed by atoms with van der Waals surface area (Å²) in [5.74, 6) is 0.742. The van der Waals surface area contributed by atoms with Crippen LogP contribution in [0.2, 0.25) is 0 Å². The number of anilines is 1. The van der Waals surface area contributed by atoms with Gasteiger partial charge in [-0.15, -0.1) is 0 Å². The SMILES string of the molecule is CC(C)(C)CC(C)(C)Nc1c(-c2ccc(C(F)(F)F)cc2)nc2cnccn12. The molecule has 0 atom stereocenters. The molecule has 1 aromatic carbocycles. The van der Waals surface area contributed by atoms with E-state index in [2.05, 4.69) is 49.9 Å². The molecule has 0 aliphatic carbocycles. The molecule has 3 aromatic rings.